The van der Waals surface area contributed by atoms with Gasteiger partial charge in [0, 0.05) is 17.1 Å². The number of aromatic amines is 1. The normalized spacial score (nSPS) is 10.8. The lowest BCUT2D eigenvalue weighted by atomic mass is 10.0. The highest BCUT2D eigenvalue weighted by Crippen LogP contribution is 2.19. The van der Waals surface area contributed by atoms with Crippen LogP contribution in [0.25, 0.3) is 10.9 Å². The zero-order valence-electron chi connectivity index (χ0n) is 9.61. The molecular weight excluding hydrogens is 206 g/mol. The molecule has 1 nitrogen and oxygen atoms in total. The van der Waals surface area contributed by atoms with Crippen molar-refractivity contribution in [3.8, 4) is 0 Å². The van der Waals surface area contributed by atoms with Crippen molar-refractivity contribution in [2.24, 2.45) is 0 Å². The lowest BCUT2D eigenvalue weighted by Gasteiger charge is -2.00. The summed E-state index contributed by atoms with van der Waals surface area (Å²) < 4.78 is 0. The minimum absolute atomic E-state index is 1.08. The Kier molecular flexibility index (Phi) is 2.66. The van der Waals surface area contributed by atoms with Gasteiger partial charge in [-0.1, -0.05) is 42.5 Å². The third kappa shape index (κ3) is 2.09. The third-order valence-corrected chi connectivity index (χ3v) is 3.15. The van der Waals surface area contributed by atoms with Crippen molar-refractivity contribution in [2.45, 2.75) is 12.8 Å². The number of nitrogens with one attached hydrogen (secondary N) is 1. The Labute approximate surface area is 101 Å². The minimum Gasteiger partial charge on any atom is -0.361 e. The van der Waals surface area contributed by atoms with E-state index in [2.05, 4.69) is 53.6 Å². The number of para-hydroxylation sites is 1. The number of H-pyrrole nitrogens is 1. The Morgan fingerprint density at radius 1 is 0.941 bits per heavy atom. The second-order valence-corrected chi connectivity index (χ2v) is 4.27. The highest BCUT2D eigenvalue weighted by molar-refractivity contribution is 5.83. The van der Waals surface area contributed by atoms with Crippen LogP contribution in [0.1, 0.15) is 11.1 Å². The standard InChI is InChI=1S/C16H14N/c1-2-6-13(7-3-1)10-11-14-12-17-16-9-5-4-8-15(14)16/h2-9,12,17H,10-11H2. The molecule has 0 aliphatic rings. The molecule has 83 valence electrons. The molecule has 0 aliphatic heterocycles. The molecule has 0 saturated carbocycles. The van der Waals surface area contributed by atoms with Crippen molar-refractivity contribution in [2.75, 3.05) is 0 Å². The number of rotatable bonds is 3. The summed E-state index contributed by atoms with van der Waals surface area (Å²) in [5.74, 6) is 0. The molecule has 17 heavy (non-hydrogen) atoms. The van der Waals surface area contributed by atoms with Gasteiger partial charge in [-0.05, 0) is 36.1 Å². The van der Waals surface area contributed by atoms with Crippen LogP contribution in [-0.4, -0.2) is 4.98 Å². The van der Waals surface area contributed by atoms with Crippen molar-refractivity contribution in [1.82, 2.24) is 4.98 Å². The fraction of sp³-hybridized carbons (Fsp3) is 0.125. The number of hydrogen-bond donors (Lipinski definition) is 1. The lowest BCUT2D eigenvalue weighted by Crippen LogP contribution is -1.89. The number of fused-ring (bicyclic) bond motifs is 1. The van der Waals surface area contributed by atoms with Crippen LogP contribution < -0.4 is 0 Å². The van der Waals surface area contributed by atoms with E-state index in [4.69, 9.17) is 0 Å². The van der Waals surface area contributed by atoms with Crippen LogP contribution in [0.2, 0.25) is 0 Å². The number of benzene rings is 2. The van der Waals surface area contributed by atoms with E-state index in [9.17, 15) is 0 Å². The Morgan fingerprint density at radius 2 is 1.76 bits per heavy atom. The second-order valence-electron chi connectivity index (χ2n) is 4.27. The van der Waals surface area contributed by atoms with Gasteiger partial charge in [0.2, 0.25) is 0 Å². The molecule has 1 heteroatoms. The number of hydrogen-bond acceptors (Lipinski definition) is 0. The van der Waals surface area contributed by atoms with E-state index in [0.29, 0.717) is 0 Å². The molecule has 0 fully saturated rings. The van der Waals surface area contributed by atoms with Crippen molar-refractivity contribution in [3.63, 3.8) is 0 Å². The molecule has 1 N–H and O–H groups in total. The summed E-state index contributed by atoms with van der Waals surface area (Å²) in [6, 6.07) is 19.7. The SMILES string of the molecule is [c]1ccc(CCc2c[nH]c3ccccc23)cc1. The van der Waals surface area contributed by atoms with Gasteiger partial charge in [-0.15, -0.1) is 0 Å². The fourth-order valence-corrected chi connectivity index (χ4v) is 2.21. The fourth-order valence-electron chi connectivity index (χ4n) is 2.21. The van der Waals surface area contributed by atoms with Gasteiger partial charge in [0.25, 0.3) is 0 Å². The van der Waals surface area contributed by atoms with Gasteiger partial charge in [0.1, 0.15) is 0 Å². The summed E-state index contributed by atoms with van der Waals surface area (Å²) >= 11 is 0. The van der Waals surface area contributed by atoms with E-state index in [1.807, 2.05) is 12.1 Å². The first-order chi connectivity index (χ1) is 8.43. The van der Waals surface area contributed by atoms with Gasteiger partial charge in [-0.3, -0.25) is 0 Å². The first kappa shape index (κ1) is 10.2. The van der Waals surface area contributed by atoms with E-state index in [-0.39, 0.29) is 0 Å². The molecule has 0 unspecified atom stereocenters. The Balaban J connectivity index is 1.82. The quantitative estimate of drug-likeness (QED) is 0.692. The molecule has 0 bridgehead atoms. The predicted molar refractivity (Wildman–Crippen MR) is 71.0 cm³/mol. The first-order valence-electron chi connectivity index (χ1n) is 5.93. The Bertz CT molecular complexity index is 608. The summed E-state index contributed by atoms with van der Waals surface area (Å²) in [5, 5.41) is 1.34. The van der Waals surface area contributed by atoms with E-state index in [1.54, 1.807) is 0 Å². The molecule has 0 aliphatic carbocycles. The molecule has 3 aromatic rings. The summed E-state index contributed by atoms with van der Waals surface area (Å²) in [6.07, 6.45) is 4.28. The van der Waals surface area contributed by atoms with Crippen LogP contribution in [0.3, 0.4) is 0 Å². The molecule has 0 atom stereocenters. The molecular formula is C16H14N. The summed E-state index contributed by atoms with van der Waals surface area (Å²) in [6.45, 7) is 0. The van der Waals surface area contributed by atoms with Gasteiger partial charge in [0.15, 0.2) is 0 Å². The predicted octanol–water partition coefficient (Wildman–Crippen LogP) is 3.75. The van der Waals surface area contributed by atoms with Crippen molar-refractivity contribution < 1.29 is 0 Å². The van der Waals surface area contributed by atoms with E-state index < -0.39 is 0 Å². The van der Waals surface area contributed by atoms with E-state index >= 15 is 0 Å². The smallest absolute Gasteiger partial charge is 0.0456 e. The molecule has 0 spiro atoms. The first-order valence-corrected chi connectivity index (χ1v) is 5.93. The van der Waals surface area contributed by atoms with Gasteiger partial charge >= 0.3 is 0 Å². The van der Waals surface area contributed by atoms with Crippen LogP contribution in [0.15, 0.2) is 54.7 Å². The maximum Gasteiger partial charge on any atom is 0.0456 e. The molecule has 3 rings (SSSR count). The largest absolute Gasteiger partial charge is 0.361 e. The minimum atomic E-state index is 1.08. The Morgan fingerprint density at radius 3 is 2.65 bits per heavy atom. The molecule has 2 aromatic carbocycles. The zero-order valence-corrected chi connectivity index (χ0v) is 9.61. The van der Waals surface area contributed by atoms with Crippen LogP contribution in [-0.2, 0) is 12.8 Å². The zero-order chi connectivity index (χ0) is 11.5. The highest BCUT2D eigenvalue weighted by atomic mass is 14.7. The second kappa shape index (κ2) is 4.46. The van der Waals surface area contributed by atoms with E-state index in [0.717, 1.165) is 12.8 Å². The van der Waals surface area contributed by atoms with Crippen molar-refractivity contribution in [3.05, 3.63) is 71.9 Å². The van der Waals surface area contributed by atoms with Crippen LogP contribution in [0, 0.1) is 6.07 Å². The molecule has 1 heterocycles. The summed E-state index contributed by atoms with van der Waals surface area (Å²) in [7, 11) is 0. The average molecular weight is 220 g/mol. The summed E-state index contributed by atoms with van der Waals surface area (Å²) in [5.41, 5.74) is 3.99. The monoisotopic (exact) mass is 220 g/mol. The maximum atomic E-state index is 3.32. The lowest BCUT2D eigenvalue weighted by molar-refractivity contribution is 0.968. The van der Waals surface area contributed by atoms with Gasteiger partial charge in [0.05, 0.1) is 0 Å². The Hall–Kier alpha value is -2.02. The van der Waals surface area contributed by atoms with E-state index in [1.165, 1.54) is 22.0 Å². The molecule has 0 amide bonds. The molecule has 1 radical (unpaired) electrons. The van der Waals surface area contributed by atoms with Gasteiger partial charge in [-0.2, -0.15) is 0 Å². The van der Waals surface area contributed by atoms with Crippen molar-refractivity contribution in [1.29, 1.82) is 0 Å². The molecule has 0 saturated heterocycles. The van der Waals surface area contributed by atoms with Crippen molar-refractivity contribution >= 4 is 10.9 Å². The van der Waals surface area contributed by atoms with Crippen LogP contribution in [0.5, 0.6) is 0 Å². The molecule has 1 aromatic heterocycles. The maximum absolute atomic E-state index is 3.32. The third-order valence-electron chi connectivity index (χ3n) is 3.15. The van der Waals surface area contributed by atoms with Crippen LogP contribution in [0.4, 0.5) is 0 Å². The number of aryl methyl sites for hydroxylation is 2. The number of aromatic nitrogens is 1. The topological polar surface area (TPSA) is 15.8 Å². The van der Waals surface area contributed by atoms with Gasteiger partial charge < -0.3 is 4.98 Å². The van der Waals surface area contributed by atoms with Crippen LogP contribution >= 0.6 is 0 Å². The highest BCUT2D eigenvalue weighted by Gasteiger charge is 2.02. The van der Waals surface area contributed by atoms with Gasteiger partial charge in [-0.25, -0.2) is 0 Å². The summed E-state index contributed by atoms with van der Waals surface area (Å²) in [4.78, 5) is 3.32. The average Bonchev–Trinajstić information content (AvgIpc) is 2.81.